The van der Waals surface area contributed by atoms with E-state index in [1.807, 2.05) is 0 Å². The number of esters is 1. The van der Waals surface area contributed by atoms with E-state index in [0.29, 0.717) is 56.1 Å². The van der Waals surface area contributed by atoms with Crippen LogP contribution in [0.3, 0.4) is 0 Å². The van der Waals surface area contributed by atoms with Crippen molar-refractivity contribution in [1.29, 1.82) is 0 Å². The Morgan fingerprint density at radius 3 is 2.72 bits per heavy atom. The number of sulfonamides is 1. The largest absolute Gasteiger partial charge is 0.491 e. The quantitative estimate of drug-likeness (QED) is 0.262. The molecule has 0 radical (unpaired) electrons. The van der Waals surface area contributed by atoms with E-state index in [9.17, 15) is 18.3 Å². The van der Waals surface area contributed by atoms with Crippen molar-refractivity contribution in [3.63, 3.8) is 0 Å². The molecule has 1 heterocycles. The zero-order chi connectivity index (χ0) is 23.2. The number of fused-ring (bicyclic) bond motifs is 1. The number of unbranched alkanes of at least 4 members (excludes halogenated alkanes) is 4. The Bertz CT molecular complexity index is 799. The minimum atomic E-state index is -3.32. The van der Waals surface area contributed by atoms with Crippen LogP contribution in [0, 0.1) is 0 Å². The van der Waals surface area contributed by atoms with Crippen molar-refractivity contribution >= 4 is 16.0 Å². The minimum Gasteiger partial charge on any atom is -0.491 e. The van der Waals surface area contributed by atoms with Crippen LogP contribution in [0.15, 0.2) is 18.2 Å². The summed E-state index contributed by atoms with van der Waals surface area (Å²) in [7, 11) is -3.32. The van der Waals surface area contributed by atoms with Crippen LogP contribution in [0.25, 0.3) is 0 Å². The topological polar surface area (TPSA) is 120 Å². The minimum absolute atomic E-state index is 0.0333. The molecule has 1 aliphatic rings. The Labute approximate surface area is 190 Å². The van der Waals surface area contributed by atoms with E-state index in [0.717, 1.165) is 25.7 Å². The van der Waals surface area contributed by atoms with E-state index in [4.69, 9.17) is 18.9 Å². The van der Waals surface area contributed by atoms with Gasteiger partial charge in [0.1, 0.15) is 12.4 Å². The lowest BCUT2D eigenvalue weighted by molar-refractivity contribution is -0.143. The van der Waals surface area contributed by atoms with Crippen LogP contribution in [0.1, 0.15) is 58.3 Å². The molecule has 0 fully saturated rings. The van der Waals surface area contributed by atoms with Gasteiger partial charge in [0.05, 0.1) is 18.5 Å². The molecule has 0 aromatic heterocycles. The van der Waals surface area contributed by atoms with E-state index < -0.39 is 16.1 Å². The molecule has 9 nitrogen and oxygen atoms in total. The first kappa shape index (κ1) is 26.2. The molecule has 0 saturated carbocycles. The van der Waals surface area contributed by atoms with E-state index in [1.165, 1.54) is 0 Å². The average molecular weight is 474 g/mol. The summed E-state index contributed by atoms with van der Waals surface area (Å²) in [4.78, 5) is 11.2. The van der Waals surface area contributed by atoms with Crippen molar-refractivity contribution in [1.82, 2.24) is 4.72 Å². The van der Waals surface area contributed by atoms with Gasteiger partial charge >= 0.3 is 5.97 Å². The summed E-state index contributed by atoms with van der Waals surface area (Å²) >= 11 is 0. The Balaban J connectivity index is 1.48. The predicted molar refractivity (Wildman–Crippen MR) is 119 cm³/mol. The monoisotopic (exact) mass is 473 g/mol. The molecule has 1 unspecified atom stereocenters. The van der Waals surface area contributed by atoms with Crippen molar-refractivity contribution < 1.29 is 37.3 Å². The van der Waals surface area contributed by atoms with Crippen LogP contribution in [0.4, 0.5) is 0 Å². The number of carbonyl (C=O) groups excluding carboxylic acids is 1. The highest BCUT2D eigenvalue weighted by Crippen LogP contribution is 2.35. The molecule has 1 aromatic carbocycles. The summed E-state index contributed by atoms with van der Waals surface area (Å²) in [6, 6.07) is 5.22. The third-order valence-corrected chi connectivity index (χ3v) is 6.39. The maximum absolute atomic E-state index is 12.0. The summed E-state index contributed by atoms with van der Waals surface area (Å²) in [5.41, 5.74) is 0. The van der Waals surface area contributed by atoms with Crippen molar-refractivity contribution in [3.05, 3.63) is 18.2 Å². The van der Waals surface area contributed by atoms with Gasteiger partial charge in [0.2, 0.25) is 16.8 Å². The fraction of sp³-hybridized carbons (Fsp3) is 0.682. The molecule has 2 rings (SSSR count). The SMILES string of the molecule is CCOC(=O)CCCCCCNS(=O)(=O)CCCCC(O)COc1ccc2c(c1)OCO2. The summed E-state index contributed by atoms with van der Waals surface area (Å²) in [6.07, 6.45) is 4.46. The number of ether oxygens (including phenoxy) is 4. The molecular formula is C22H35NO8S. The van der Waals surface area contributed by atoms with Crippen LogP contribution in [0.5, 0.6) is 17.2 Å². The van der Waals surface area contributed by atoms with Gasteiger partial charge in [-0.15, -0.1) is 0 Å². The molecular weight excluding hydrogens is 438 g/mol. The average Bonchev–Trinajstić information content (AvgIpc) is 3.23. The first-order chi connectivity index (χ1) is 15.4. The van der Waals surface area contributed by atoms with Crippen LogP contribution in [-0.4, -0.2) is 57.9 Å². The lowest BCUT2D eigenvalue weighted by atomic mass is 10.1. The highest BCUT2D eigenvalue weighted by Gasteiger charge is 2.15. The fourth-order valence-electron chi connectivity index (χ4n) is 3.20. The molecule has 0 amide bonds. The van der Waals surface area contributed by atoms with Gasteiger partial charge in [-0.2, -0.15) is 0 Å². The Morgan fingerprint density at radius 1 is 1.12 bits per heavy atom. The number of aliphatic hydroxyl groups excluding tert-OH is 1. The molecule has 1 aromatic rings. The zero-order valence-electron chi connectivity index (χ0n) is 18.7. The Hall–Kier alpha value is -2.04. The van der Waals surface area contributed by atoms with Crippen molar-refractivity contribution in [2.24, 2.45) is 0 Å². The molecule has 182 valence electrons. The van der Waals surface area contributed by atoms with Gasteiger partial charge in [-0.1, -0.05) is 12.8 Å². The second-order valence-electron chi connectivity index (χ2n) is 7.66. The van der Waals surface area contributed by atoms with Gasteiger partial charge in [-0.05, 0) is 51.2 Å². The van der Waals surface area contributed by atoms with Crippen LogP contribution >= 0.6 is 0 Å². The number of hydrogen-bond donors (Lipinski definition) is 2. The van der Waals surface area contributed by atoms with Gasteiger partial charge in [0, 0.05) is 19.0 Å². The Morgan fingerprint density at radius 2 is 1.91 bits per heavy atom. The molecule has 0 spiro atoms. The molecule has 0 bridgehead atoms. The molecule has 10 heteroatoms. The van der Waals surface area contributed by atoms with Crippen molar-refractivity contribution in [2.45, 2.75) is 64.4 Å². The predicted octanol–water partition coefficient (Wildman–Crippen LogP) is 2.76. The highest BCUT2D eigenvalue weighted by atomic mass is 32.2. The third kappa shape index (κ3) is 10.5. The van der Waals surface area contributed by atoms with Crippen LogP contribution < -0.4 is 18.9 Å². The van der Waals surface area contributed by atoms with Crippen molar-refractivity contribution in [2.75, 3.05) is 32.3 Å². The van der Waals surface area contributed by atoms with Gasteiger partial charge in [-0.3, -0.25) is 4.79 Å². The zero-order valence-corrected chi connectivity index (χ0v) is 19.5. The first-order valence-electron chi connectivity index (χ1n) is 11.2. The highest BCUT2D eigenvalue weighted by molar-refractivity contribution is 7.89. The van der Waals surface area contributed by atoms with Gasteiger partial charge in [0.25, 0.3) is 0 Å². The molecule has 0 aliphatic carbocycles. The molecule has 1 atom stereocenters. The first-order valence-corrected chi connectivity index (χ1v) is 12.9. The number of hydrogen-bond acceptors (Lipinski definition) is 8. The molecule has 2 N–H and O–H groups in total. The summed E-state index contributed by atoms with van der Waals surface area (Å²) in [6.45, 7) is 2.89. The molecule has 32 heavy (non-hydrogen) atoms. The van der Waals surface area contributed by atoms with Crippen LogP contribution in [-0.2, 0) is 19.6 Å². The number of carbonyl (C=O) groups is 1. The van der Waals surface area contributed by atoms with Gasteiger partial charge in [0.15, 0.2) is 11.5 Å². The van der Waals surface area contributed by atoms with Gasteiger partial charge < -0.3 is 24.1 Å². The number of benzene rings is 1. The number of rotatable bonds is 17. The Kier molecular flexibility index (Phi) is 11.6. The summed E-state index contributed by atoms with van der Waals surface area (Å²) < 4.78 is 47.6. The second-order valence-corrected chi connectivity index (χ2v) is 9.58. The maximum atomic E-state index is 12.0. The van der Waals surface area contributed by atoms with E-state index >= 15 is 0 Å². The fourth-order valence-corrected chi connectivity index (χ4v) is 4.38. The normalized spacial score (nSPS) is 13.7. The van der Waals surface area contributed by atoms with E-state index in [1.54, 1.807) is 25.1 Å². The number of nitrogens with one attached hydrogen (secondary N) is 1. The lowest BCUT2D eigenvalue weighted by Gasteiger charge is -2.13. The van der Waals surface area contributed by atoms with Crippen molar-refractivity contribution in [3.8, 4) is 17.2 Å². The summed E-state index contributed by atoms with van der Waals surface area (Å²) in [5, 5.41) is 10.1. The smallest absolute Gasteiger partial charge is 0.305 e. The molecule has 0 saturated heterocycles. The maximum Gasteiger partial charge on any atom is 0.305 e. The van der Waals surface area contributed by atoms with Crippen LogP contribution in [0.2, 0.25) is 0 Å². The number of aliphatic hydroxyl groups is 1. The molecule has 1 aliphatic heterocycles. The van der Waals surface area contributed by atoms with E-state index in [-0.39, 0.29) is 25.1 Å². The summed E-state index contributed by atoms with van der Waals surface area (Å²) in [5.74, 6) is 1.72. The standard InChI is InChI=1S/C22H35NO8S/c1-2-28-22(25)10-5-3-4-7-13-23-32(26,27)14-8-6-9-18(24)16-29-19-11-12-20-21(15-19)31-17-30-20/h11-12,15,18,23-24H,2-10,13-14,16-17H2,1H3. The lowest BCUT2D eigenvalue weighted by Crippen LogP contribution is -2.27. The van der Waals surface area contributed by atoms with Gasteiger partial charge in [-0.25, -0.2) is 13.1 Å². The second kappa shape index (κ2) is 14.2. The third-order valence-electron chi connectivity index (χ3n) is 4.92. The van der Waals surface area contributed by atoms with E-state index in [2.05, 4.69) is 4.72 Å².